The third-order valence-electron chi connectivity index (χ3n) is 6.92. The van der Waals surface area contributed by atoms with E-state index < -0.39 is 10.0 Å². The number of fused-ring (bicyclic) bond motifs is 3. The van der Waals surface area contributed by atoms with Gasteiger partial charge < -0.3 is 15.0 Å². The van der Waals surface area contributed by atoms with Gasteiger partial charge in [0.1, 0.15) is 0 Å². The average molecular weight is 577 g/mol. The molecule has 3 unspecified atom stereocenters. The molecule has 4 rings (SSSR count). The third kappa shape index (κ3) is 5.77. The first-order valence-corrected chi connectivity index (χ1v) is 13.1. The quantitative estimate of drug-likeness (QED) is 0.307. The zero-order valence-electron chi connectivity index (χ0n) is 19.4. The third-order valence-corrected chi connectivity index (χ3v) is 8.76. The van der Waals surface area contributed by atoms with E-state index in [9.17, 15) is 8.42 Å². The molecule has 7 nitrogen and oxygen atoms in total. The molecule has 3 aliphatic rings. The molecule has 0 aromatic heterocycles. The van der Waals surface area contributed by atoms with Gasteiger partial charge in [0.15, 0.2) is 5.96 Å². The molecule has 2 fully saturated rings. The molecule has 1 heterocycles. The summed E-state index contributed by atoms with van der Waals surface area (Å²) in [4.78, 5) is 6.65. The molecule has 0 radical (unpaired) electrons. The highest BCUT2D eigenvalue weighted by molar-refractivity contribution is 14.0. The fourth-order valence-electron chi connectivity index (χ4n) is 5.23. The number of sulfonamides is 1. The van der Waals surface area contributed by atoms with Crippen LogP contribution in [0, 0.1) is 11.8 Å². The van der Waals surface area contributed by atoms with Gasteiger partial charge in [-0.3, -0.25) is 4.99 Å². The summed E-state index contributed by atoms with van der Waals surface area (Å²) in [5.41, 5.74) is 3.06. The van der Waals surface area contributed by atoms with Gasteiger partial charge >= 0.3 is 0 Å². The molecule has 180 valence electrons. The van der Waals surface area contributed by atoms with Crippen LogP contribution in [0.1, 0.15) is 37.3 Å². The molecule has 1 aromatic rings. The van der Waals surface area contributed by atoms with Crippen molar-refractivity contribution in [2.75, 3.05) is 52.1 Å². The average Bonchev–Trinajstić information content (AvgIpc) is 3.48. The monoisotopic (exact) mass is 576 g/mol. The second-order valence-electron chi connectivity index (χ2n) is 9.14. The van der Waals surface area contributed by atoms with E-state index in [1.54, 1.807) is 9.87 Å². The standard InChI is InChI=1S/C23H36N4O3S.HI/c1-17(2)30-14-15-31(28,29)27-12-10-26(11-13-27)23(24-3)25-16-21-20-9-8-18-6-4-5-7-19(18)22(20)21;/h4-7,17,20-22H,8-16H2,1-3H3,(H,24,25);1H. The highest BCUT2D eigenvalue weighted by atomic mass is 127. The summed E-state index contributed by atoms with van der Waals surface area (Å²) in [7, 11) is -1.46. The molecule has 1 saturated carbocycles. The highest BCUT2D eigenvalue weighted by Crippen LogP contribution is 2.59. The number of guanidine groups is 1. The van der Waals surface area contributed by atoms with E-state index in [0.29, 0.717) is 38.0 Å². The van der Waals surface area contributed by atoms with E-state index in [-0.39, 0.29) is 42.4 Å². The Balaban J connectivity index is 0.00000289. The van der Waals surface area contributed by atoms with Crippen molar-refractivity contribution in [2.45, 2.75) is 38.7 Å². The van der Waals surface area contributed by atoms with Crippen LogP contribution >= 0.6 is 24.0 Å². The van der Waals surface area contributed by atoms with Gasteiger partial charge in [-0.1, -0.05) is 24.3 Å². The van der Waals surface area contributed by atoms with Crippen LogP contribution in [0.25, 0.3) is 0 Å². The Morgan fingerprint density at radius 1 is 1.22 bits per heavy atom. The molecular formula is C23H37IN4O3S. The lowest BCUT2D eigenvalue weighted by Crippen LogP contribution is -2.54. The van der Waals surface area contributed by atoms with Crippen LogP contribution in [-0.2, 0) is 21.2 Å². The lowest BCUT2D eigenvalue weighted by atomic mass is 9.92. The summed E-state index contributed by atoms with van der Waals surface area (Å²) in [5.74, 6) is 3.07. The number of rotatable bonds is 7. The predicted molar refractivity (Wildman–Crippen MR) is 139 cm³/mol. The van der Waals surface area contributed by atoms with Crippen molar-refractivity contribution >= 4 is 40.0 Å². The number of nitrogens with zero attached hydrogens (tertiary/aromatic N) is 3. The van der Waals surface area contributed by atoms with Crippen LogP contribution in [-0.4, -0.2) is 81.8 Å². The molecule has 0 amide bonds. The number of ether oxygens (including phenoxy) is 1. The van der Waals surface area contributed by atoms with Gasteiger partial charge in [-0.25, -0.2) is 8.42 Å². The fourth-order valence-corrected chi connectivity index (χ4v) is 6.51. The Morgan fingerprint density at radius 2 is 1.94 bits per heavy atom. The van der Waals surface area contributed by atoms with E-state index in [4.69, 9.17) is 4.74 Å². The molecule has 1 N–H and O–H groups in total. The number of nitrogens with one attached hydrogen (secondary N) is 1. The van der Waals surface area contributed by atoms with Gasteiger partial charge in [0.25, 0.3) is 0 Å². The molecule has 1 saturated heterocycles. The first-order chi connectivity index (χ1) is 14.9. The Labute approximate surface area is 210 Å². The van der Waals surface area contributed by atoms with Crippen molar-refractivity contribution in [1.82, 2.24) is 14.5 Å². The van der Waals surface area contributed by atoms with Crippen LogP contribution in [0.4, 0.5) is 0 Å². The first kappa shape index (κ1) is 25.7. The molecule has 2 aliphatic carbocycles. The van der Waals surface area contributed by atoms with Gasteiger partial charge in [0, 0.05) is 39.8 Å². The second-order valence-corrected chi connectivity index (χ2v) is 11.2. The van der Waals surface area contributed by atoms with E-state index >= 15 is 0 Å². The van der Waals surface area contributed by atoms with Crippen LogP contribution in [0.2, 0.25) is 0 Å². The van der Waals surface area contributed by atoms with Crippen molar-refractivity contribution in [3.8, 4) is 0 Å². The van der Waals surface area contributed by atoms with Crippen molar-refractivity contribution in [2.24, 2.45) is 16.8 Å². The second kappa shape index (κ2) is 11.0. The van der Waals surface area contributed by atoms with Crippen LogP contribution < -0.4 is 5.32 Å². The van der Waals surface area contributed by atoms with Crippen molar-refractivity contribution in [3.63, 3.8) is 0 Å². The molecule has 9 heteroatoms. The van der Waals surface area contributed by atoms with E-state index in [1.165, 1.54) is 18.4 Å². The zero-order chi connectivity index (χ0) is 22.0. The number of hydrogen-bond acceptors (Lipinski definition) is 4. The number of halogens is 1. The van der Waals surface area contributed by atoms with Gasteiger partial charge in [0.2, 0.25) is 10.0 Å². The Hall–Kier alpha value is -0.910. The Morgan fingerprint density at radius 3 is 2.62 bits per heavy atom. The lowest BCUT2D eigenvalue weighted by molar-refractivity contribution is 0.0904. The van der Waals surface area contributed by atoms with Crippen LogP contribution in [0.3, 0.4) is 0 Å². The Kier molecular flexibility index (Phi) is 8.85. The number of aryl methyl sites for hydroxylation is 1. The molecular weight excluding hydrogens is 539 g/mol. The predicted octanol–water partition coefficient (Wildman–Crippen LogP) is 2.53. The molecule has 0 spiro atoms. The molecule has 1 aromatic carbocycles. The van der Waals surface area contributed by atoms with Gasteiger partial charge in [-0.2, -0.15) is 4.31 Å². The minimum Gasteiger partial charge on any atom is -0.378 e. The summed E-state index contributed by atoms with van der Waals surface area (Å²) >= 11 is 0. The maximum Gasteiger partial charge on any atom is 0.216 e. The van der Waals surface area contributed by atoms with Crippen molar-refractivity contribution < 1.29 is 13.2 Å². The Bertz CT molecular complexity index is 900. The molecule has 3 atom stereocenters. The van der Waals surface area contributed by atoms with Crippen molar-refractivity contribution in [3.05, 3.63) is 35.4 Å². The van der Waals surface area contributed by atoms with E-state index in [0.717, 1.165) is 18.4 Å². The molecule has 0 bridgehead atoms. The smallest absolute Gasteiger partial charge is 0.216 e. The largest absolute Gasteiger partial charge is 0.378 e. The SMILES string of the molecule is CN=C(NCC1C2CCc3ccccc3C21)N1CCN(S(=O)(=O)CCOC(C)C)CC1.I. The summed E-state index contributed by atoms with van der Waals surface area (Å²) in [5, 5.41) is 3.58. The number of benzene rings is 1. The highest BCUT2D eigenvalue weighted by Gasteiger charge is 2.52. The van der Waals surface area contributed by atoms with Crippen LogP contribution in [0.15, 0.2) is 29.3 Å². The minimum atomic E-state index is -3.27. The van der Waals surface area contributed by atoms with Crippen LogP contribution in [0.5, 0.6) is 0 Å². The van der Waals surface area contributed by atoms with Gasteiger partial charge in [0.05, 0.1) is 18.5 Å². The normalized spacial score (nSPS) is 25.7. The summed E-state index contributed by atoms with van der Waals surface area (Å²) in [6, 6.07) is 8.88. The van der Waals surface area contributed by atoms with Crippen molar-refractivity contribution in [1.29, 1.82) is 0 Å². The molecule has 1 aliphatic heterocycles. The summed E-state index contributed by atoms with van der Waals surface area (Å²) in [6.07, 6.45) is 2.52. The number of piperazine rings is 1. The topological polar surface area (TPSA) is 74.2 Å². The van der Waals surface area contributed by atoms with Gasteiger partial charge in [-0.15, -0.1) is 24.0 Å². The maximum atomic E-state index is 12.6. The maximum absolute atomic E-state index is 12.6. The lowest BCUT2D eigenvalue weighted by Gasteiger charge is -2.36. The fraction of sp³-hybridized carbons (Fsp3) is 0.696. The van der Waals surface area contributed by atoms with E-state index in [1.807, 2.05) is 20.9 Å². The van der Waals surface area contributed by atoms with Gasteiger partial charge in [-0.05, 0) is 55.6 Å². The zero-order valence-corrected chi connectivity index (χ0v) is 22.5. The molecule has 32 heavy (non-hydrogen) atoms. The number of aliphatic imine (C=N–C) groups is 1. The first-order valence-electron chi connectivity index (χ1n) is 11.5. The summed E-state index contributed by atoms with van der Waals surface area (Å²) in [6.45, 7) is 7.31. The summed E-state index contributed by atoms with van der Waals surface area (Å²) < 4.78 is 32.1. The minimum absolute atomic E-state index is 0. The number of hydrogen-bond donors (Lipinski definition) is 1. The van der Waals surface area contributed by atoms with E-state index in [2.05, 4.69) is 39.5 Å².